The van der Waals surface area contributed by atoms with E-state index in [1.165, 1.54) is 0 Å². The molecule has 0 bridgehead atoms. The number of nitrogens with two attached hydrogens (primary N) is 1. The molecule has 0 saturated carbocycles. The quantitative estimate of drug-likeness (QED) is 0.804. The van der Waals surface area contributed by atoms with Gasteiger partial charge < -0.3 is 15.4 Å². The van der Waals surface area contributed by atoms with E-state index in [0.717, 1.165) is 24.7 Å². The molecule has 2 N–H and O–H groups in total. The van der Waals surface area contributed by atoms with Crippen molar-refractivity contribution in [3.63, 3.8) is 0 Å². The molecule has 4 heteroatoms. The fourth-order valence-corrected chi connectivity index (χ4v) is 1.86. The van der Waals surface area contributed by atoms with Crippen molar-refractivity contribution in [2.45, 2.75) is 19.4 Å². The van der Waals surface area contributed by atoms with E-state index < -0.39 is 0 Å². The fourth-order valence-electron chi connectivity index (χ4n) is 1.86. The zero-order valence-corrected chi connectivity index (χ0v) is 9.23. The van der Waals surface area contributed by atoms with Crippen LogP contribution < -0.4 is 15.4 Å². The second-order valence-corrected chi connectivity index (χ2v) is 4.27. The molecule has 0 aliphatic carbocycles. The number of ether oxygens (including phenoxy) is 1. The summed E-state index contributed by atoms with van der Waals surface area (Å²) in [6.45, 7) is 6.35. The van der Waals surface area contributed by atoms with Crippen LogP contribution in [-0.4, -0.2) is 30.2 Å². The Morgan fingerprint density at radius 1 is 1.60 bits per heavy atom. The van der Waals surface area contributed by atoms with Crippen molar-refractivity contribution in [1.82, 2.24) is 4.98 Å². The lowest BCUT2D eigenvalue weighted by Crippen LogP contribution is -2.65. The van der Waals surface area contributed by atoms with Crippen LogP contribution in [0.2, 0.25) is 0 Å². The Balaban J connectivity index is 2.14. The highest BCUT2D eigenvalue weighted by Crippen LogP contribution is 2.31. The Kier molecular flexibility index (Phi) is 2.52. The average Bonchev–Trinajstić information content (AvgIpc) is 2.15. The lowest BCUT2D eigenvalue weighted by Gasteiger charge is -2.46. The van der Waals surface area contributed by atoms with Crippen molar-refractivity contribution in [3.8, 4) is 5.75 Å². The van der Waals surface area contributed by atoms with Gasteiger partial charge in [0.05, 0.1) is 6.61 Å². The minimum atomic E-state index is -0.0823. The van der Waals surface area contributed by atoms with Gasteiger partial charge in [-0.1, -0.05) is 0 Å². The van der Waals surface area contributed by atoms with Gasteiger partial charge in [0.1, 0.15) is 0 Å². The van der Waals surface area contributed by atoms with Crippen LogP contribution in [0.5, 0.6) is 5.75 Å². The first kappa shape index (κ1) is 10.2. The Bertz CT molecular complexity index is 343. The maximum atomic E-state index is 5.96. The van der Waals surface area contributed by atoms with Crippen LogP contribution in [0.1, 0.15) is 13.8 Å². The summed E-state index contributed by atoms with van der Waals surface area (Å²) in [5, 5.41) is 0. The Labute approximate surface area is 90.0 Å². The second kappa shape index (κ2) is 3.70. The number of anilines is 1. The predicted octanol–water partition coefficient (Wildman–Crippen LogP) is 1.02. The number of rotatable bonds is 3. The normalized spacial score (nSPS) is 18.5. The van der Waals surface area contributed by atoms with E-state index in [4.69, 9.17) is 10.5 Å². The predicted molar refractivity (Wildman–Crippen MR) is 60.2 cm³/mol. The molecule has 0 aromatic carbocycles. The third-order valence-electron chi connectivity index (χ3n) is 2.45. The number of pyridine rings is 1. The number of hydrogen-bond donors (Lipinski definition) is 1. The highest BCUT2D eigenvalue weighted by atomic mass is 16.5. The summed E-state index contributed by atoms with van der Waals surface area (Å²) in [6, 6.07) is 3.83. The summed E-state index contributed by atoms with van der Waals surface area (Å²) in [5.74, 6) is 1.75. The Morgan fingerprint density at radius 2 is 2.33 bits per heavy atom. The van der Waals surface area contributed by atoms with Crippen molar-refractivity contribution in [2.75, 3.05) is 24.6 Å². The van der Waals surface area contributed by atoms with E-state index in [9.17, 15) is 0 Å². The van der Waals surface area contributed by atoms with Crippen LogP contribution in [0.25, 0.3) is 0 Å². The minimum absolute atomic E-state index is 0.0823. The van der Waals surface area contributed by atoms with Crippen LogP contribution in [0, 0.1) is 0 Å². The SMILES string of the molecule is CCOc1cccnc1N1CC(C)(N)C1. The molecule has 0 radical (unpaired) electrons. The smallest absolute Gasteiger partial charge is 0.171 e. The van der Waals surface area contributed by atoms with Crippen molar-refractivity contribution >= 4 is 5.82 Å². The summed E-state index contributed by atoms with van der Waals surface area (Å²) >= 11 is 0. The molecule has 4 nitrogen and oxygen atoms in total. The molecule has 0 unspecified atom stereocenters. The second-order valence-electron chi connectivity index (χ2n) is 4.27. The zero-order chi connectivity index (χ0) is 10.9. The highest BCUT2D eigenvalue weighted by molar-refractivity contribution is 5.55. The monoisotopic (exact) mass is 207 g/mol. The van der Waals surface area contributed by atoms with Crippen LogP contribution in [0.4, 0.5) is 5.82 Å². The molecule has 2 heterocycles. The van der Waals surface area contributed by atoms with Gasteiger partial charge in [0.15, 0.2) is 11.6 Å². The van der Waals surface area contributed by atoms with E-state index in [1.807, 2.05) is 26.0 Å². The Hall–Kier alpha value is -1.29. The van der Waals surface area contributed by atoms with Gasteiger partial charge in [0, 0.05) is 24.8 Å². The first-order valence-corrected chi connectivity index (χ1v) is 5.24. The van der Waals surface area contributed by atoms with Crippen LogP contribution in [0.15, 0.2) is 18.3 Å². The largest absolute Gasteiger partial charge is 0.490 e. The molecular weight excluding hydrogens is 190 g/mol. The van der Waals surface area contributed by atoms with Crippen LogP contribution in [-0.2, 0) is 0 Å². The molecule has 0 spiro atoms. The van der Waals surface area contributed by atoms with E-state index in [0.29, 0.717) is 6.61 Å². The van der Waals surface area contributed by atoms with E-state index >= 15 is 0 Å². The molecular formula is C11H17N3O. The van der Waals surface area contributed by atoms with Crippen molar-refractivity contribution in [2.24, 2.45) is 5.73 Å². The number of nitrogens with zero attached hydrogens (tertiary/aromatic N) is 2. The fraction of sp³-hybridized carbons (Fsp3) is 0.545. The third-order valence-corrected chi connectivity index (χ3v) is 2.45. The summed E-state index contributed by atoms with van der Waals surface area (Å²) < 4.78 is 5.52. The van der Waals surface area contributed by atoms with Crippen LogP contribution in [0.3, 0.4) is 0 Å². The van der Waals surface area contributed by atoms with Gasteiger partial charge in [-0.25, -0.2) is 4.98 Å². The van der Waals surface area contributed by atoms with Gasteiger partial charge in [-0.15, -0.1) is 0 Å². The number of hydrogen-bond acceptors (Lipinski definition) is 4. The zero-order valence-electron chi connectivity index (χ0n) is 9.23. The summed E-state index contributed by atoms with van der Waals surface area (Å²) in [7, 11) is 0. The minimum Gasteiger partial charge on any atom is -0.490 e. The molecule has 1 fully saturated rings. The maximum Gasteiger partial charge on any atom is 0.171 e. The van der Waals surface area contributed by atoms with E-state index in [-0.39, 0.29) is 5.54 Å². The lowest BCUT2D eigenvalue weighted by atomic mass is 9.94. The first-order chi connectivity index (χ1) is 7.12. The number of aromatic nitrogens is 1. The molecule has 82 valence electrons. The molecule has 1 aliphatic rings. The van der Waals surface area contributed by atoms with Gasteiger partial charge in [-0.05, 0) is 26.0 Å². The van der Waals surface area contributed by atoms with Gasteiger partial charge in [0.25, 0.3) is 0 Å². The molecule has 0 amide bonds. The molecule has 1 aromatic heterocycles. The average molecular weight is 207 g/mol. The Morgan fingerprint density at radius 3 is 2.93 bits per heavy atom. The van der Waals surface area contributed by atoms with Gasteiger partial charge >= 0.3 is 0 Å². The maximum absolute atomic E-state index is 5.96. The third kappa shape index (κ3) is 2.04. The topological polar surface area (TPSA) is 51.4 Å². The standard InChI is InChI=1S/C11H17N3O/c1-3-15-9-5-4-6-13-10(9)14-7-11(2,12)8-14/h4-6H,3,7-8,12H2,1-2H3. The van der Waals surface area contributed by atoms with Crippen molar-refractivity contribution in [1.29, 1.82) is 0 Å². The van der Waals surface area contributed by atoms with Crippen molar-refractivity contribution < 1.29 is 4.74 Å². The first-order valence-electron chi connectivity index (χ1n) is 5.24. The molecule has 2 rings (SSSR count). The highest BCUT2D eigenvalue weighted by Gasteiger charge is 2.36. The van der Waals surface area contributed by atoms with Crippen molar-refractivity contribution in [3.05, 3.63) is 18.3 Å². The van der Waals surface area contributed by atoms with Gasteiger partial charge in [-0.3, -0.25) is 0 Å². The van der Waals surface area contributed by atoms with E-state index in [2.05, 4.69) is 9.88 Å². The molecule has 1 saturated heterocycles. The van der Waals surface area contributed by atoms with E-state index in [1.54, 1.807) is 6.20 Å². The van der Waals surface area contributed by atoms with Gasteiger partial charge in [-0.2, -0.15) is 0 Å². The molecule has 0 atom stereocenters. The lowest BCUT2D eigenvalue weighted by molar-refractivity contribution is 0.325. The van der Waals surface area contributed by atoms with Gasteiger partial charge in [0.2, 0.25) is 0 Å². The molecule has 15 heavy (non-hydrogen) atoms. The van der Waals surface area contributed by atoms with Crippen LogP contribution >= 0.6 is 0 Å². The summed E-state index contributed by atoms with van der Waals surface area (Å²) in [6.07, 6.45) is 1.78. The molecule has 1 aromatic rings. The summed E-state index contributed by atoms with van der Waals surface area (Å²) in [4.78, 5) is 6.47. The summed E-state index contributed by atoms with van der Waals surface area (Å²) in [5.41, 5.74) is 5.88. The molecule has 1 aliphatic heterocycles.